The predicted molar refractivity (Wildman–Crippen MR) is 75.4 cm³/mol. The average Bonchev–Trinajstić information content (AvgIpc) is 2.36. The quantitative estimate of drug-likeness (QED) is 0.765. The van der Waals surface area contributed by atoms with E-state index in [0.29, 0.717) is 5.56 Å². The minimum Gasteiger partial charge on any atom is -0.457 e. The molecule has 18 heavy (non-hydrogen) atoms. The molecular weight excluding hydrogens is 292 g/mol. The predicted octanol–water partition coefficient (Wildman–Crippen LogP) is 4.75. The lowest BCUT2D eigenvalue weighted by molar-refractivity contribution is 0.101. The van der Waals surface area contributed by atoms with E-state index in [0.717, 1.165) is 21.5 Å². The second kappa shape index (κ2) is 5.36. The molecule has 3 heteroatoms. The molecular formula is C15H13BrO2. The summed E-state index contributed by atoms with van der Waals surface area (Å²) < 4.78 is 6.80. The van der Waals surface area contributed by atoms with E-state index in [9.17, 15) is 4.79 Å². The molecule has 0 fully saturated rings. The van der Waals surface area contributed by atoms with Gasteiger partial charge in [0.05, 0.1) is 0 Å². The number of hydrogen-bond donors (Lipinski definition) is 0. The van der Waals surface area contributed by atoms with Crippen molar-refractivity contribution in [2.75, 3.05) is 0 Å². The van der Waals surface area contributed by atoms with Crippen LogP contribution >= 0.6 is 15.9 Å². The van der Waals surface area contributed by atoms with E-state index < -0.39 is 0 Å². The van der Waals surface area contributed by atoms with Crippen LogP contribution in [0.25, 0.3) is 0 Å². The third-order valence-electron chi connectivity index (χ3n) is 2.71. The number of hydrogen-bond acceptors (Lipinski definition) is 2. The summed E-state index contributed by atoms with van der Waals surface area (Å²) in [5.74, 6) is 1.58. The smallest absolute Gasteiger partial charge is 0.159 e. The Morgan fingerprint density at radius 3 is 2.39 bits per heavy atom. The van der Waals surface area contributed by atoms with Crippen molar-refractivity contribution in [3.63, 3.8) is 0 Å². The molecule has 0 aliphatic carbocycles. The van der Waals surface area contributed by atoms with Crippen molar-refractivity contribution in [3.05, 3.63) is 58.1 Å². The van der Waals surface area contributed by atoms with Crippen LogP contribution in [0, 0.1) is 6.92 Å². The molecule has 92 valence electrons. The van der Waals surface area contributed by atoms with Gasteiger partial charge >= 0.3 is 0 Å². The van der Waals surface area contributed by atoms with Gasteiger partial charge in [-0.2, -0.15) is 0 Å². The number of carbonyl (C=O) groups excluding carboxylic acids is 1. The number of benzene rings is 2. The summed E-state index contributed by atoms with van der Waals surface area (Å²) in [5, 5.41) is 0. The second-order valence-corrected chi connectivity index (χ2v) is 4.90. The highest BCUT2D eigenvalue weighted by Gasteiger charge is 2.05. The van der Waals surface area contributed by atoms with Gasteiger partial charge in [-0.25, -0.2) is 0 Å². The zero-order chi connectivity index (χ0) is 13.1. The number of ether oxygens (including phenoxy) is 1. The van der Waals surface area contributed by atoms with Gasteiger partial charge in [0.2, 0.25) is 0 Å². The highest BCUT2D eigenvalue weighted by atomic mass is 79.9. The first-order chi connectivity index (χ1) is 8.58. The number of rotatable bonds is 3. The number of carbonyl (C=O) groups is 1. The molecule has 0 aromatic heterocycles. The zero-order valence-corrected chi connectivity index (χ0v) is 11.8. The van der Waals surface area contributed by atoms with Gasteiger partial charge in [-0.3, -0.25) is 4.79 Å². The Bertz CT molecular complexity index is 574. The van der Waals surface area contributed by atoms with Crippen LogP contribution in [0.5, 0.6) is 11.5 Å². The van der Waals surface area contributed by atoms with E-state index in [1.165, 1.54) is 0 Å². The van der Waals surface area contributed by atoms with Gasteiger partial charge in [0.25, 0.3) is 0 Å². The molecule has 0 N–H and O–H groups in total. The molecule has 0 amide bonds. The first-order valence-electron chi connectivity index (χ1n) is 5.62. The highest BCUT2D eigenvalue weighted by molar-refractivity contribution is 9.10. The number of ketones is 1. The van der Waals surface area contributed by atoms with Crippen LogP contribution < -0.4 is 4.74 Å². The molecule has 0 spiro atoms. The van der Waals surface area contributed by atoms with E-state index in [4.69, 9.17) is 4.74 Å². The maximum Gasteiger partial charge on any atom is 0.159 e. The van der Waals surface area contributed by atoms with Crippen molar-refractivity contribution >= 4 is 21.7 Å². The molecule has 2 nitrogen and oxygen atoms in total. The summed E-state index contributed by atoms with van der Waals surface area (Å²) in [6.07, 6.45) is 0. The summed E-state index contributed by atoms with van der Waals surface area (Å²) in [6.45, 7) is 3.54. The molecule has 0 saturated carbocycles. The Balaban J connectivity index is 2.24. The molecule has 0 atom stereocenters. The summed E-state index contributed by atoms with van der Waals surface area (Å²) in [7, 11) is 0. The van der Waals surface area contributed by atoms with Crippen LogP contribution in [0.15, 0.2) is 46.9 Å². The van der Waals surface area contributed by atoms with Gasteiger partial charge in [-0.05, 0) is 50.2 Å². The van der Waals surface area contributed by atoms with E-state index in [1.807, 2.05) is 25.1 Å². The van der Waals surface area contributed by atoms with Gasteiger partial charge in [-0.15, -0.1) is 0 Å². The third kappa shape index (κ3) is 2.79. The lowest BCUT2D eigenvalue weighted by Gasteiger charge is -2.09. The van der Waals surface area contributed by atoms with Crippen molar-refractivity contribution in [2.45, 2.75) is 13.8 Å². The van der Waals surface area contributed by atoms with Crippen molar-refractivity contribution in [1.29, 1.82) is 0 Å². The normalized spacial score (nSPS) is 10.2. The van der Waals surface area contributed by atoms with Crippen molar-refractivity contribution < 1.29 is 9.53 Å². The second-order valence-electron chi connectivity index (χ2n) is 4.05. The van der Waals surface area contributed by atoms with Crippen LogP contribution in [-0.4, -0.2) is 5.78 Å². The van der Waals surface area contributed by atoms with E-state index in [2.05, 4.69) is 15.9 Å². The molecule has 0 unspecified atom stereocenters. The van der Waals surface area contributed by atoms with Crippen LogP contribution in [0.4, 0.5) is 0 Å². The molecule has 0 heterocycles. The fourth-order valence-electron chi connectivity index (χ4n) is 1.58. The van der Waals surface area contributed by atoms with Crippen molar-refractivity contribution in [2.24, 2.45) is 0 Å². The Hall–Kier alpha value is -1.61. The van der Waals surface area contributed by atoms with E-state index in [1.54, 1.807) is 31.2 Å². The summed E-state index contributed by atoms with van der Waals surface area (Å²) >= 11 is 3.47. The topological polar surface area (TPSA) is 26.3 Å². The van der Waals surface area contributed by atoms with E-state index in [-0.39, 0.29) is 5.78 Å². The largest absolute Gasteiger partial charge is 0.457 e. The van der Waals surface area contributed by atoms with Crippen LogP contribution in [0.3, 0.4) is 0 Å². The zero-order valence-electron chi connectivity index (χ0n) is 10.2. The lowest BCUT2D eigenvalue weighted by Crippen LogP contribution is -1.92. The third-order valence-corrected chi connectivity index (χ3v) is 3.57. The maximum absolute atomic E-state index is 11.2. The first-order valence-corrected chi connectivity index (χ1v) is 6.41. The van der Waals surface area contributed by atoms with Gasteiger partial charge in [-0.1, -0.05) is 22.0 Å². The Labute approximate surface area is 115 Å². The van der Waals surface area contributed by atoms with Crippen molar-refractivity contribution in [1.82, 2.24) is 0 Å². The van der Waals surface area contributed by atoms with Crippen LogP contribution in [-0.2, 0) is 0 Å². The van der Waals surface area contributed by atoms with E-state index >= 15 is 0 Å². The Morgan fingerprint density at radius 2 is 1.78 bits per heavy atom. The van der Waals surface area contributed by atoms with Crippen molar-refractivity contribution in [3.8, 4) is 11.5 Å². The number of Topliss-reactive ketones (excluding diaryl/α,β-unsaturated/α-hetero) is 1. The molecule has 2 aromatic rings. The molecule has 0 aliphatic heterocycles. The number of halogens is 1. The Kier molecular flexibility index (Phi) is 3.82. The molecule has 0 saturated heterocycles. The maximum atomic E-state index is 11.2. The van der Waals surface area contributed by atoms with Crippen LogP contribution in [0.1, 0.15) is 22.8 Å². The highest BCUT2D eigenvalue weighted by Crippen LogP contribution is 2.29. The summed E-state index contributed by atoms with van der Waals surface area (Å²) in [4.78, 5) is 11.2. The molecule has 0 aliphatic rings. The average molecular weight is 305 g/mol. The molecule has 0 bridgehead atoms. The van der Waals surface area contributed by atoms with Gasteiger partial charge in [0.1, 0.15) is 11.5 Å². The van der Waals surface area contributed by atoms with Gasteiger partial charge in [0.15, 0.2) is 5.78 Å². The summed E-state index contributed by atoms with van der Waals surface area (Å²) in [6, 6.07) is 13.0. The summed E-state index contributed by atoms with van der Waals surface area (Å²) in [5.41, 5.74) is 1.74. The van der Waals surface area contributed by atoms with Gasteiger partial charge < -0.3 is 4.74 Å². The minimum atomic E-state index is 0.0557. The monoisotopic (exact) mass is 304 g/mol. The molecule has 2 aromatic carbocycles. The SMILES string of the molecule is CC(=O)c1ccc(Oc2cccc(Br)c2C)cc1. The molecule has 0 radical (unpaired) electrons. The minimum absolute atomic E-state index is 0.0557. The lowest BCUT2D eigenvalue weighted by atomic mass is 10.1. The first kappa shape index (κ1) is 12.8. The fraction of sp³-hybridized carbons (Fsp3) is 0.133. The van der Waals surface area contributed by atoms with Gasteiger partial charge in [0, 0.05) is 15.6 Å². The van der Waals surface area contributed by atoms with Crippen LogP contribution in [0.2, 0.25) is 0 Å². The standard InChI is InChI=1S/C15H13BrO2/c1-10-14(16)4-3-5-15(10)18-13-8-6-12(7-9-13)11(2)17/h3-9H,1-2H3. The molecule has 2 rings (SSSR count). The fourth-order valence-corrected chi connectivity index (χ4v) is 1.93. The Morgan fingerprint density at radius 1 is 1.11 bits per heavy atom.